The Kier molecular flexibility index (Phi) is 3.39. The molecule has 6 heteroatoms. The summed E-state index contributed by atoms with van der Waals surface area (Å²) < 4.78 is 4.49. The number of hydrogen-bond acceptors (Lipinski definition) is 5. The van der Waals surface area contributed by atoms with Crippen LogP contribution < -0.4 is 11.1 Å². The Morgan fingerprint density at radius 1 is 1.62 bits per heavy atom. The number of aromatic nitrogens is 2. The van der Waals surface area contributed by atoms with E-state index in [4.69, 9.17) is 5.73 Å². The van der Waals surface area contributed by atoms with Crippen LogP contribution in [0.3, 0.4) is 0 Å². The molecular formula is C7H12N4O2. The van der Waals surface area contributed by atoms with Crippen molar-refractivity contribution in [1.82, 2.24) is 15.6 Å². The van der Waals surface area contributed by atoms with Crippen LogP contribution in [0.4, 0.5) is 0 Å². The van der Waals surface area contributed by atoms with E-state index in [1.807, 2.05) is 6.92 Å². The predicted molar refractivity (Wildman–Crippen MR) is 44.6 cm³/mol. The normalized spacial score (nSPS) is 10.2. The number of rotatable bonds is 5. The highest BCUT2D eigenvalue weighted by Crippen LogP contribution is 1.98. The van der Waals surface area contributed by atoms with Crippen molar-refractivity contribution in [2.75, 3.05) is 6.54 Å². The molecule has 72 valence electrons. The number of aryl methyl sites for hydroxylation is 1. The molecule has 3 N–H and O–H groups in total. The van der Waals surface area contributed by atoms with E-state index in [1.54, 1.807) is 0 Å². The number of carbonyl (C=O) groups is 1. The standard InChI is InChI=1S/C7H12N4O2/c1-5-6(11-13-10-5)4-9-3-2-7(8)12/h9H,2-4H2,1H3,(H2,8,12). The van der Waals surface area contributed by atoms with Gasteiger partial charge in [-0.3, -0.25) is 4.79 Å². The molecule has 0 atom stereocenters. The van der Waals surface area contributed by atoms with Crippen molar-refractivity contribution < 1.29 is 9.42 Å². The molecule has 0 aliphatic rings. The summed E-state index contributed by atoms with van der Waals surface area (Å²) in [5.74, 6) is -0.317. The van der Waals surface area contributed by atoms with E-state index in [2.05, 4.69) is 20.3 Å². The highest BCUT2D eigenvalue weighted by atomic mass is 16.6. The first-order valence-electron chi connectivity index (χ1n) is 3.97. The molecule has 0 aliphatic carbocycles. The minimum atomic E-state index is -0.317. The van der Waals surface area contributed by atoms with Gasteiger partial charge in [-0.2, -0.15) is 0 Å². The van der Waals surface area contributed by atoms with E-state index in [0.29, 0.717) is 19.5 Å². The van der Waals surface area contributed by atoms with E-state index < -0.39 is 0 Å². The van der Waals surface area contributed by atoms with Crippen LogP contribution in [0.5, 0.6) is 0 Å². The third kappa shape index (κ3) is 3.20. The number of nitrogens with one attached hydrogen (secondary N) is 1. The molecule has 1 aromatic heterocycles. The molecule has 6 nitrogen and oxygen atoms in total. The molecule has 0 fully saturated rings. The lowest BCUT2D eigenvalue weighted by Gasteiger charge is -1.98. The Hall–Kier alpha value is -1.43. The Balaban J connectivity index is 2.20. The van der Waals surface area contributed by atoms with Gasteiger partial charge in [0.05, 0.1) is 0 Å². The second-order valence-corrected chi connectivity index (χ2v) is 2.69. The monoisotopic (exact) mass is 184 g/mol. The number of primary amides is 1. The number of nitrogens with two attached hydrogens (primary N) is 1. The fraction of sp³-hybridized carbons (Fsp3) is 0.571. The van der Waals surface area contributed by atoms with Crippen molar-refractivity contribution in [3.63, 3.8) is 0 Å². The Bertz CT molecular complexity index is 284. The van der Waals surface area contributed by atoms with E-state index in [1.165, 1.54) is 0 Å². The van der Waals surface area contributed by atoms with Gasteiger partial charge in [-0.25, -0.2) is 4.63 Å². The van der Waals surface area contributed by atoms with Crippen LogP contribution >= 0.6 is 0 Å². The van der Waals surface area contributed by atoms with Crippen LogP contribution in [0, 0.1) is 6.92 Å². The summed E-state index contributed by atoms with van der Waals surface area (Å²) in [6, 6.07) is 0. The predicted octanol–water partition coefficient (Wildman–Crippen LogP) is -0.657. The van der Waals surface area contributed by atoms with Gasteiger partial charge in [0.2, 0.25) is 5.91 Å². The topological polar surface area (TPSA) is 94.0 Å². The van der Waals surface area contributed by atoms with Gasteiger partial charge in [-0.15, -0.1) is 0 Å². The number of nitrogens with zero attached hydrogens (tertiary/aromatic N) is 2. The van der Waals surface area contributed by atoms with Gasteiger partial charge in [0, 0.05) is 19.5 Å². The van der Waals surface area contributed by atoms with Crippen molar-refractivity contribution in [3.05, 3.63) is 11.4 Å². The molecule has 0 radical (unpaired) electrons. The first kappa shape index (κ1) is 9.66. The first-order chi connectivity index (χ1) is 6.20. The number of hydrogen-bond donors (Lipinski definition) is 2. The molecule has 0 unspecified atom stereocenters. The van der Waals surface area contributed by atoms with Gasteiger partial charge < -0.3 is 11.1 Å². The summed E-state index contributed by atoms with van der Waals surface area (Å²) in [5, 5.41) is 10.3. The molecule has 0 saturated heterocycles. The Labute approximate surface area is 75.4 Å². The van der Waals surface area contributed by atoms with Gasteiger partial charge in [-0.05, 0) is 6.92 Å². The van der Waals surface area contributed by atoms with E-state index in [-0.39, 0.29) is 5.91 Å². The lowest BCUT2D eigenvalue weighted by Crippen LogP contribution is -2.22. The number of amides is 1. The largest absolute Gasteiger partial charge is 0.370 e. The highest BCUT2D eigenvalue weighted by molar-refractivity contribution is 5.73. The Morgan fingerprint density at radius 2 is 2.38 bits per heavy atom. The van der Waals surface area contributed by atoms with Crippen LogP contribution in [-0.2, 0) is 11.3 Å². The SMILES string of the molecule is Cc1nonc1CNCCC(N)=O. The Morgan fingerprint density at radius 3 is 2.92 bits per heavy atom. The third-order valence-corrected chi connectivity index (χ3v) is 1.59. The summed E-state index contributed by atoms with van der Waals surface area (Å²) in [5.41, 5.74) is 6.47. The van der Waals surface area contributed by atoms with E-state index in [0.717, 1.165) is 11.4 Å². The van der Waals surface area contributed by atoms with Crippen LogP contribution in [0.25, 0.3) is 0 Å². The summed E-state index contributed by atoms with van der Waals surface area (Å²) in [6.45, 7) is 2.89. The molecular weight excluding hydrogens is 172 g/mol. The smallest absolute Gasteiger partial charge is 0.218 e. The minimum absolute atomic E-state index is 0.317. The van der Waals surface area contributed by atoms with Crippen LogP contribution in [0.2, 0.25) is 0 Å². The number of carbonyl (C=O) groups excluding carboxylic acids is 1. The van der Waals surface area contributed by atoms with E-state index in [9.17, 15) is 4.79 Å². The third-order valence-electron chi connectivity index (χ3n) is 1.59. The first-order valence-corrected chi connectivity index (χ1v) is 3.97. The van der Waals surface area contributed by atoms with Crippen LogP contribution in [-0.4, -0.2) is 22.8 Å². The molecule has 1 heterocycles. The summed E-state index contributed by atoms with van der Waals surface area (Å²) >= 11 is 0. The van der Waals surface area contributed by atoms with Gasteiger partial charge in [0.25, 0.3) is 0 Å². The van der Waals surface area contributed by atoms with E-state index >= 15 is 0 Å². The zero-order chi connectivity index (χ0) is 9.68. The zero-order valence-electron chi connectivity index (χ0n) is 7.41. The molecule has 1 amide bonds. The van der Waals surface area contributed by atoms with Crippen LogP contribution in [0.1, 0.15) is 17.8 Å². The lowest BCUT2D eigenvalue weighted by atomic mass is 10.3. The second kappa shape index (κ2) is 4.56. The molecule has 0 saturated carbocycles. The van der Waals surface area contributed by atoms with Crippen molar-refractivity contribution in [2.45, 2.75) is 19.9 Å². The maximum Gasteiger partial charge on any atom is 0.218 e. The second-order valence-electron chi connectivity index (χ2n) is 2.69. The molecule has 0 aliphatic heterocycles. The maximum atomic E-state index is 10.4. The van der Waals surface area contributed by atoms with Crippen molar-refractivity contribution in [1.29, 1.82) is 0 Å². The lowest BCUT2D eigenvalue weighted by molar-refractivity contribution is -0.117. The quantitative estimate of drug-likeness (QED) is 0.592. The molecule has 1 aromatic rings. The summed E-state index contributed by atoms with van der Waals surface area (Å²) in [6.07, 6.45) is 0.324. The van der Waals surface area contributed by atoms with Gasteiger partial charge in [-0.1, -0.05) is 10.3 Å². The summed E-state index contributed by atoms with van der Waals surface area (Å²) in [4.78, 5) is 10.4. The summed E-state index contributed by atoms with van der Waals surface area (Å²) in [7, 11) is 0. The highest BCUT2D eigenvalue weighted by Gasteiger charge is 2.03. The molecule has 0 spiro atoms. The average Bonchev–Trinajstić information content (AvgIpc) is 2.45. The zero-order valence-corrected chi connectivity index (χ0v) is 7.41. The molecule has 13 heavy (non-hydrogen) atoms. The molecule has 0 aromatic carbocycles. The molecule has 0 bridgehead atoms. The van der Waals surface area contributed by atoms with Crippen LogP contribution in [0.15, 0.2) is 4.63 Å². The van der Waals surface area contributed by atoms with Crippen molar-refractivity contribution in [3.8, 4) is 0 Å². The van der Waals surface area contributed by atoms with Gasteiger partial charge in [0.15, 0.2) is 0 Å². The fourth-order valence-electron chi connectivity index (χ4n) is 0.828. The van der Waals surface area contributed by atoms with Crippen molar-refractivity contribution in [2.24, 2.45) is 5.73 Å². The van der Waals surface area contributed by atoms with Crippen molar-refractivity contribution >= 4 is 5.91 Å². The van der Waals surface area contributed by atoms with Gasteiger partial charge >= 0.3 is 0 Å². The molecule has 1 rings (SSSR count). The minimum Gasteiger partial charge on any atom is -0.370 e. The maximum absolute atomic E-state index is 10.4. The average molecular weight is 184 g/mol. The fourth-order valence-corrected chi connectivity index (χ4v) is 0.828. The van der Waals surface area contributed by atoms with Gasteiger partial charge in [0.1, 0.15) is 11.4 Å².